The largest absolute Gasteiger partial charge is 0.496 e. The molecule has 0 spiro atoms. The maximum absolute atomic E-state index is 12.8. The molecule has 1 aromatic carbocycles. The highest BCUT2D eigenvalue weighted by Gasteiger charge is 2.52. The van der Waals surface area contributed by atoms with Crippen molar-refractivity contribution in [1.29, 1.82) is 0 Å². The molecule has 2 aliphatic rings. The number of ether oxygens (including phenoxy) is 2. The van der Waals surface area contributed by atoms with Crippen molar-refractivity contribution < 1.29 is 28.4 Å². The van der Waals surface area contributed by atoms with Gasteiger partial charge in [-0.05, 0) is 92.2 Å². The lowest BCUT2D eigenvalue weighted by molar-refractivity contribution is -0.151. The van der Waals surface area contributed by atoms with Crippen molar-refractivity contribution in [1.82, 2.24) is 5.32 Å². The summed E-state index contributed by atoms with van der Waals surface area (Å²) >= 11 is 6.57. The van der Waals surface area contributed by atoms with E-state index in [-0.39, 0.29) is 12.5 Å². The molecule has 7 nitrogen and oxygen atoms in total. The minimum absolute atomic E-state index is 0.0919. The summed E-state index contributed by atoms with van der Waals surface area (Å²) < 4.78 is 23.2. The van der Waals surface area contributed by atoms with Crippen LogP contribution in [0.4, 0.5) is 4.79 Å². The van der Waals surface area contributed by atoms with Crippen LogP contribution in [-0.2, 0) is 23.6 Å². The van der Waals surface area contributed by atoms with Gasteiger partial charge in [-0.2, -0.15) is 0 Å². The van der Waals surface area contributed by atoms with Crippen molar-refractivity contribution in [2.45, 2.75) is 110 Å². The average Bonchev–Trinajstić information content (AvgIpc) is 3.30. The first-order valence-electron chi connectivity index (χ1n) is 12.7. The van der Waals surface area contributed by atoms with E-state index in [1.807, 2.05) is 58.0 Å². The van der Waals surface area contributed by atoms with E-state index in [1.54, 1.807) is 20.8 Å². The summed E-state index contributed by atoms with van der Waals surface area (Å²) in [6, 6.07) is 4.77. The van der Waals surface area contributed by atoms with Gasteiger partial charge in [0.2, 0.25) is 0 Å². The summed E-state index contributed by atoms with van der Waals surface area (Å²) in [4.78, 5) is 25.2. The zero-order valence-corrected chi connectivity index (χ0v) is 23.2. The van der Waals surface area contributed by atoms with E-state index in [1.165, 1.54) is 0 Å². The van der Waals surface area contributed by atoms with Crippen molar-refractivity contribution in [2.24, 2.45) is 0 Å². The van der Waals surface area contributed by atoms with Gasteiger partial charge in [0.05, 0.1) is 11.2 Å². The smallest absolute Gasteiger partial charge is 0.461 e. The maximum atomic E-state index is 12.8. The molecule has 1 aliphatic heterocycles. The maximum Gasteiger partial charge on any atom is 0.496 e. The van der Waals surface area contributed by atoms with E-state index < -0.39 is 42.0 Å². The van der Waals surface area contributed by atoms with E-state index in [0.29, 0.717) is 5.02 Å². The fraction of sp³-hybridized carbons (Fsp3) is 0.630. The van der Waals surface area contributed by atoms with Crippen LogP contribution in [0, 0.1) is 0 Å². The van der Waals surface area contributed by atoms with Gasteiger partial charge >= 0.3 is 19.2 Å². The molecule has 1 amide bonds. The highest BCUT2D eigenvalue weighted by Crippen LogP contribution is 2.37. The number of benzene rings is 1. The molecule has 1 saturated carbocycles. The van der Waals surface area contributed by atoms with Crippen LogP contribution in [0.5, 0.6) is 0 Å². The van der Waals surface area contributed by atoms with Crippen molar-refractivity contribution in [3.8, 4) is 0 Å². The Morgan fingerprint density at radius 3 is 2.33 bits per heavy atom. The Kier molecular flexibility index (Phi) is 8.84. The molecule has 1 saturated heterocycles. The Bertz CT molecular complexity index is 965. The van der Waals surface area contributed by atoms with E-state index in [2.05, 4.69) is 5.32 Å². The van der Waals surface area contributed by atoms with Crippen LogP contribution in [0.1, 0.15) is 86.1 Å². The zero-order chi connectivity index (χ0) is 26.7. The molecule has 1 N–H and O–H groups in total. The highest BCUT2D eigenvalue weighted by molar-refractivity contribution is 6.65. The quantitative estimate of drug-likeness (QED) is 0.382. The third-order valence-corrected chi connectivity index (χ3v) is 7.10. The summed E-state index contributed by atoms with van der Waals surface area (Å²) in [6.45, 7) is 13.3. The minimum atomic E-state index is -0.851. The second-order valence-corrected chi connectivity index (χ2v) is 12.0. The lowest BCUT2D eigenvalue weighted by atomic mass is 9.78. The lowest BCUT2D eigenvalue weighted by Gasteiger charge is -2.32. The number of carbonyl (C=O) groups excluding carboxylic acids is 2. The first kappa shape index (κ1) is 28.5. The van der Waals surface area contributed by atoms with Gasteiger partial charge in [0.1, 0.15) is 17.7 Å². The molecule has 36 heavy (non-hydrogen) atoms. The predicted octanol–water partition coefficient (Wildman–Crippen LogP) is 5.42. The van der Waals surface area contributed by atoms with Crippen molar-refractivity contribution in [3.63, 3.8) is 0 Å². The number of hydrogen-bond donors (Lipinski definition) is 1. The second-order valence-electron chi connectivity index (χ2n) is 11.5. The van der Waals surface area contributed by atoms with Gasteiger partial charge in [-0.1, -0.05) is 35.9 Å². The van der Waals surface area contributed by atoms with E-state index in [9.17, 15) is 9.59 Å². The second kappa shape index (κ2) is 11.2. The van der Waals surface area contributed by atoms with Gasteiger partial charge < -0.3 is 24.1 Å². The van der Waals surface area contributed by atoms with Crippen molar-refractivity contribution in [2.75, 3.05) is 0 Å². The predicted molar refractivity (Wildman–Crippen MR) is 142 cm³/mol. The summed E-state index contributed by atoms with van der Waals surface area (Å²) in [6.07, 6.45) is 6.98. The molecular formula is C27H39BClNO6. The van der Waals surface area contributed by atoms with Crippen LogP contribution in [-0.4, -0.2) is 48.1 Å². The van der Waals surface area contributed by atoms with E-state index >= 15 is 0 Å². The van der Waals surface area contributed by atoms with Gasteiger partial charge in [0.15, 0.2) is 0 Å². The van der Waals surface area contributed by atoms with E-state index in [4.69, 9.17) is 30.4 Å². The molecule has 198 valence electrons. The Morgan fingerprint density at radius 1 is 1.17 bits per heavy atom. The number of rotatable bonds is 7. The van der Waals surface area contributed by atoms with Gasteiger partial charge in [-0.3, -0.25) is 0 Å². The monoisotopic (exact) mass is 519 g/mol. The first-order valence-corrected chi connectivity index (χ1v) is 13.1. The Labute approximate surface area is 220 Å². The summed E-state index contributed by atoms with van der Waals surface area (Å²) in [5, 5.41) is 3.19. The normalized spacial score (nSPS) is 20.5. The number of esters is 1. The molecule has 3 rings (SSSR count). The summed E-state index contributed by atoms with van der Waals surface area (Å²) in [7, 11) is -0.548. The average molecular weight is 520 g/mol. The van der Waals surface area contributed by atoms with Crippen molar-refractivity contribution in [3.05, 3.63) is 34.9 Å². The number of nitrogens with one attached hydrogen (secondary N) is 1. The van der Waals surface area contributed by atoms with Gasteiger partial charge in [0.25, 0.3) is 0 Å². The molecule has 2 fully saturated rings. The molecule has 0 radical (unpaired) electrons. The molecule has 0 unspecified atom stereocenters. The Balaban J connectivity index is 1.67. The Morgan fingerprint density at radius 2 is 1.78 bits per heavy atom. The molecule has 9 heteroatoms. The third-order valence-electron chi connectivity index (χ3n) is 6.77. The summed E-state index contributed by atoms with van der Waals surface area (Å²) in [5.41, 5.74) is 0.0266. The standard InChI is InChI=1S/C27H39BClNO6/c1-25(2,3)34-24(32)30-22(23(31)33-19-12-8-9-13-19)14-10-11-18-15-16-20(21(29)17-18)28-35-26(4,5)27(6,7)36-28/h10-11,15-17,19,22H,8-9,12-14H2,1-7H3,(H,30,32)/b11-10+/t22-/m0/s1. The van der Waals surface area contributed by atoms with Crippen LogP contribution >= 0.6 is 11.6 Å². The SMILES string of the molecule is CC(C)(C)OC(=O)N[C@@H](C/C=C/c1ccc(B2OC(C)(C)C(C)(C)O2)c(Cl)c1)C(=O)OC1CCCC1. The number of amides is 1. The third kappa shape index (κ3) is 7.50. The topological polar surface area (TPSA) is 83.1 Å². The van der Waals surface area contributed by atoms with Crippen LogP contribution in [0.15, 0.2) is 24.3 Å². The molecule has 0 aromatic heterocycles. The van der Waals surface area contributed by atoms with Crippen molar-refractivity contribution >= 4 is 42.3 Å². The number of alkyl carbamates (subject to hydrolysis) is 1. The number of carbonyl (C=O) groups is 2. The zero-order valence-electron chi connectivity index (χ0n) is 22.5. The van der Waals surface area contributed by atoms with Gasteiger partial charge in [0, 0.05) is 10.5 Å². The molecule has 0 bridgehead atoms. The molecular weight excluding hydrogens is 481 g/mol. The van der Waals surface area contributed by atoms with Crippen LogP contribution in [0.25, 0.3) is 6.08 Å². The minimum Gasteiger partial charge on any atom is -0.461 e. The molecule has 1 heterocycles. The molecule has 1 aromatic rings. The summed E-state index contributed by atoms with van der Waals surface area (Å²) in [5.74, 6) is -0.452. The van der Waals surface area contributed by atoms with Crippen LogP contribution in [0.2, 0.25) is 5.02 Å². The lowest BCUT2D eigenvalue weighted by Crippen LogP contribution is -2.44. The van der Waals surface area contributed by atoms with Crippen LogP contribution in [0.3, 0.4) is 0 Å². The van der Waals surface area contributed by atoms with Crippen LogP contribution < -0.4 is 10.8 Å². The van der Waals surface area contributed by atoms with Gasteiger partial charge in [-0.15, -0.1) is 0 Å². The number of hydrogen-bond acceptors (Lipinski definition) is 6. The number of halogens is 1. The fourth-order valence-electron chi connectivity index (χ4n) is 4.06. The van der Waals surface area contributed by atoms with Gasteiger partial charge in [-0.25, -0.2) is 9.59 Å². The van der Waals surface area contributed by atoms with E-state index in [0.717, 1.165) is 36.7 Å². The first-order chi connectivity index (χ1) is 16.7. The highest BCUT2D eigenvalue weighted by atomic mass is 35.5. The fourth-order valence-corrected chi connectivity index (χ4v) is 4.34. The molecule has 1 aliphatic carbocycles. The molecule has 1 atom stereocenters. The Hall–Kier alpha value is -2.03.